The van der Waals surface area contributed by atoms with E-state index >= 15 is 0 Å². The molecule has 1 fully saturated rings. The van der Waals surface area contributed by atoms with Gasteiger partial charge in [0.25, 0.3) is 0 Å². The Labute approximate surface area is 111 Å². The Kier molecular flexibility index (Phi) is 4.85. The zero-order chi connectivity index (χ0) is 13.7. The van der Waals surface area contributed by atoms with Crippen LogP contribution in [-0.4, -0.2) is 25.0 Å². The summed E-state index contributed by atoms with van der Waals surface area (Å²) in [7, 11) is 0. The van der Waals surface area contributed by atoms with Crippen LogP contribution in [0.1, 0.15) is 24.8 Å². The fraction of sp³-hybridized carbons (Fsp3) is 0.500. The van der Waals surface area contributed by atoms with Crippen molar-refractivity contribution in [3.63, 3.8) is 0 Å². The van der Waals surface area contributed by atoms with E-state index in [1.807, 2.05) is 0 Å². The normalized spacial score (nSPS) is 18.5. The van der Waals surface area contributed by atoms with E-state index < -0.39 is 11.6 Å². The summed E-state index contributed by atoms with van der Waals surface area (Å²) < 4.78 is 26.1. The number of carbonyl (C=O) groups is 1. The molecule has 0 radical (unpaired) electrons. The predicted molar refractivity (Wildman–Crippen MR) is 68.7 cm³/mol. The Hall–Kier alpha value is -1.49. The van der Waals surface area contributed by atoms with Crippen LogP contribution in [0.5, 0.6) is 0 Å². The molecular weight excluding hydrogens is 250 g/mol. The SMILES string of the molecule is O=C(Cc1ccc(F)cc1F)NCC[C@H]1CCCN1. The lowest BCUT2D eigenvalue weighted by molar-refractivity contribution is -0.120. The lowest BCUT2D eigenvalue weighted by atomic mass is 10.1. The maximum Gasteiger partial charge on any atom is 0.224 e. The standard InChI is InChI=1S/C14H18F2N2O/c15-11-4-3-10(13(16)9-11)8-14(19)18-7-5-12-2-1-6-17-12/h3-4,9,12,17H,1-2,5-8H2,(H,18,19)/t12-/m1/s1. The Bertz CT molecular complexity index is 445. The van der Waals surface area contributed by atoms with Gasteiger partial charge in [0.2, 0.25) is 5.91 Å². The molecule has 1 atom stereocenters. The lowest BCUT2D eigenvalue weighted by Gasteiger charge is -2.11. The van der Waals surface area contributed by atoms with E-state index in [0.29, 0.717) is 12.6 Å². The quantitative estimate of drug-likeness (QED) is 0.854. The molecule has 3 nitrogen and oxygen atoms in total. The molecule has 0 saturated carbocycles. The summed E-state index contributed by atoms with van der Waals surface area (Å²) in [6.07, 6.45) is 3.16. The minimum absolute atomic E-state index is 0.0514. The van der Waals surface area contributed by atoms with Crippen LogP contribution >= 0.6 is 0 Å². The number of carbonyl (C=O) groups excluding carboxylic acids is 1. The monoisotopic (exact) mass is 268 g/mol. The van der Waals surface area contributed by atoms with Gasteiger partial charge in [0.1, 0.15) is 11.6 Å². The predicted octanol–water partition coefficient (Wildman–Crippen LogP) is 1.77. The number of hydrogen-bond acceptors (Lipinski definition) is 2. The third-order valence-corrected chi connectivity index (χ3v) is 3.34. The van der Waals surface area contributed by atoms with Gasteiger partial charge in [-0.25, -0.2) is 8.78 Å². The average Bonchev–Trinajstić information content (AvgIpc) is 2.86. The molecule has 1 amide bonds. The molecule has 1 heterocycles. The summed E-state index contributed by atoms with van der Waals surface area (Å²) in [4.78, 5) is 11.6. The van der Waals surface area contributed by atoms with E-state index in [9.17, 15) is 13.6 Å². The van der Waals surface area contributed by atoms with Crippen LogP contribution in [0, 0.1) is 11.6 Å². The van der Waals surface area contributed by atoms with E-state index in [-0.39, 0.29) is 17.9 Å². The molecule has 0 aromatic heterocycles. The zero-order valence-electron chi connectivity index (χ0n) is 10.7. The minimum Gasteiger partial charge on any atom is -0.356 e. The Morgan fingerprint density at radius 1 is 1.42 bits per heavy atom. The average molecular weight is 268 g/mol. The van der Waals surface area contributed by atoms with E-state index in [0.717, 1.165) is 31.5 Å². The van der Waals surface area contributed by atoms with Gasteiger partial charge in [0.15, 0.2) is 0 Å². The third kappa shape index (κ3) is 4.28. The number of amides is 1. The van der Waals surface area contributed by atoms with E-state index in [2.05, 4.69) is 10.6 Å². The summed E-state index contributed by atoms with van der Waals surface area (Å²) in [6.45, 7) is 1.62. The first-order valence-electron chi connectivity index (χ1n) is 6.59. The summed E-state index contributed by atoms with van der Waals surface area (Å²) in [5.41, 5.74) is 0.220. The van der Waals surface area contributed by atoms with Crippen molar-refractivity contribution < 1.29 is 13.6 Å². The van der Waals surface area contributed by atoms with Crippen LogP contribution in [0.2, 0.25) is 0 Å². The molecule has 1 saturated heterocycles. The molecule has 2 N–H and O–H groups in total. The first-order valence-corrected chi connectivity index (χ1v) is 6.59. The van der Waals surface area contributed by atoms with Gasteiger partial charge in [-0.15, -0.1) is 0 Å². The van der Waals surface area contributed by atoms with Crippen molar-refractivity contribution in [2.75, 3.05) is 13.1 Å². The molecular formula is C14H18F2N2O. The highest BCUT2D eigenvalue weighted by molar-refractivity contribution is 5.78. The molecule has 104 valence electrons. The topological polar surface area (TPSA) is 41.1 Å². The van der Waals surface area contributed by atoms with E-state index in [4.69, 9.17) is 0 Å². The largest absolute Gasteiger partial charge is 0.356 e. The molecule has 0 spiro atoms. The first-order chi connectivity index (χ1) is 9.15. The number of nitrogens with one attached hydrogen (secondary N) is 2. The molecule has 0 bridgehead atoms. The van der Waals surface area contributed by atoms with E-state index in [1.165, 1.54) is 12.5 Å². The number of hydrogen-bond donors (Lipinski definition) is 2. The summed E-state index contributed by atoms with van der Waals surface area (Å²) >= 11 is 0. The zero-order valence-corrected chi connectivity index (χ0v) is 10.7. The maximum absolute atomic E-state index is 13.3. The molecule has 0 aliphatic carbocycles. The molecule has 2 rings (SSSR count). The van der Waals surface area contributed by atoms with Gasteiger partial charge < -0.3 is 10.6 Å². The minimum atomic E-state index is -0.674. The highest BCUT2D eigenvalue weighted by Gasteiger charge is 2.14. The second-order valence-electron chi connectivity index (χ2n) is 4.84. The third-order valence-electron chi connectivity index (χ3n) is 3.34. The summed E-state index contributed by atoms with van der Waals surface area (Å²) in [5, 5.41) is 6.10. The molecule has 19 heavy (non-hydrogen) atoms. The van der Waals surface area contributed by atoms with Crippen LogP contribution in [0.4, 0.5) is 8.78 Å². The second-order valence-corrected chi connectivity index (χ2v) is 4.84. The smallest absolute Gasteiger partial charge is 0.224 e. The lowest BCUT2D eigenvalue weighted by Crippen LogP contribution is -2.31. The Balaban J connectivity index is 1.74. The van der Waals surface area contributed by atoms with Crippen molar-refractivity contribution in [1.82, 2.24) is 10.6 Å². The molecule has 1 aliphatic heterocycles. The number of benzene rings is 1. The highest BCUT2D eigenvalue weighted by Crippen LogP contribution is 2.10. The van der Waals surface area contributed by atoms with Gasteiger partial charge in [0, 0.05) is 18.7 Å². The van der Waals surface area contributed by atoms with Crippen LogP contribution in [-0.2, 0) is 11.2 Å². The van der Waals surface area contributed by atoms with Gasteiger partial charge in [-0.3, -0.25) is 4.79 Å². The van der Waals surface area contributed by atoms with E-state index in [1.54, 1.807) is 0 Å². The number of rotatable bonds is 5. The molecule has 5 heteroatoms. The second kappa shape index (κ2) is 6.61. The van der Waals surface area contributed by atoms with Gasteiger partial charge in [-0.2, -0.15) is 0 Å². The van der Waals surface area contributed by atoms with Crippen molar-refractivity contribution >= 4 is 5.91 Å². The number of halogens is 2. The molecule has 1 aromatic rings. The summed E-state index contributed by atoms with van der Waals surface area (Å²) in [6, 6.07) is 3.74. The van der Waals surface area contributed by atoms with Gasteiger partial charge in [-0.05, 0) is 37.4 Å². The van der Waals surface area contributed by atoms with Crippen molar-refractivity contribution in [3.8, 4) is 0 Å². The molecule has 1 aliphatic rings. The molecule has 1 aromatic carbocycles. The fourth-order valence-electron chi connectivity index (χ4n) is 2.29. The Morgan fingerprint density at radius 3 is 2.95 bits per heavy atom. The summed E-state index contributed by atoms with van der Waals surface area (Å²) in [5.74, 6) is -1.54. The van der Waals surface area contributed by atoms with Crippen molar-refractivity contribution in [3.05, 3.63) is 35.4 Å². The fourth-order valence-corrected chi connectivity index (χ4v) is 2.29. The van der Waals surface area contributed by atoms with Crippen LogP contribution in [0.25, 0.3) is 0 Å². The van der Waals surface area contributed by atoms with Gasteiger partial charge in [-0.1, -0.05) is 6.07 Å². The van der Waals surface area contributed by atoms with Crippen LogP contribution < -0.4 is 10.6 Å². The highest BCUT2D eigenvalue weighted by atomic mass is 19.1. The maximum atomic E-state index is 13.3. The van der Waals surface area contributed by atoms with Crippen molar-refractivity contribution in [2.45, 2.75) is 31.7 Å². The van der Waals surface area contributed by atoms with Crippen molar-refractivity contribution in [2.24, 2.45) is 0 Å². The van der Waals surface area contributed by atoms with Crippen LogP contribution in [0.3, 0.4) is 0 Å². The van der Waals surface area contributed by atoms with Crippen molar-refractivity contribution in [1.29, 1.82) is 0 Å². The first kappa shape index (κ1) is 13.9. The molecule has 0 unspecified atom stereocenters. The van der Waals surface area contributed by atoms with Crippen LogP contribution in [0.15, 0.2) is 18.2 Å². The van der Waals surface area contributed by atoms with Gasteiger partial charge >= 0.3 is 0 Å². The van der Waals surface area contributed by atoms with Gasteiger partial charge in [0.05, 0.1) is 6.42 Å². The Morgan fingerprint density at radius 2 is 2.26 bits per heavy atom.